The lowest BCUT2D eigenvalue weighted by Gasteiger charge is -2.07. The van der Waals surface area contributed by atoms with Crippen molar-refractivity contribution in [1.29, 1.82) is 0 Å². The van der Waals surface area contributed by atoms with Gasteiger partial charge in [0.1, 0.15) is 0 Å². The van der Waals surface area contributed by atoms with Gasteiger partial charge in [-0.25, -0.2) is 9.97 Å². The second-order valence-corrected chi connectivity index (χ2v) is 7.32. The number of nitrogens with zero attached hydrogens (tertiary/aromatic N) is 3. The number of hydrogen-bond acceptors (Lipinski definition) is 4. The average Bonchev–Trinajstić information content (AvgIpc) is 3.17. The Bertz CT molecular complexity index is 1420. The van der Waals surface area contributed by atoms with Gasteiger partial charge < -0.3 is 15.6 Å². The van der Waals surface area contributed by atoms with Crippen LogP contribution < -0.4 is 11.1 Å². The highest BCUT2D eigenvalue weighted by molar-refractivity contribution is 6.14. The summed E-state index contributed by atoms with van der Waals surface area (Å²) in [7, 11) is 0. The standard InChI is InChI=1S/C24H21N5O/c1-2-29-14-20(19-9-8-16-5-3-4-6-18(16)22(19)29)23(30)26-12-15-7-10-21-17(11-15)13-27-24(25)28-21/h3-11,13-14H,2,12H2,1H3,(H,26,30)(H2,25,27,28). The number of hydrogen-bond donors (Lipinski definition) is 2. The molecule has 1 amide bonds. The van der Waals surface area contributed by atoms with E-state index >= 15 is 0 Å². The Hall–Kier alpha value is -3.93. The van der Waals surface area contributed by atoms with E-state index in [0.29, 0.717) is 12.1 Å². The van der Waals surface area contributed by atoms with Crippen LogP contribution in [0.25, 0.3) is 32.6 Å². The van der Waals surface area contributed by atoms with Gasteiger partial charge in [-0.3, -0.25) is 4.79 Å². The molecule has 0 aliphatic heterocycles. The summed E-state index contributed by atoms with van der Waals surface area (Å²) in [5, 5.41) is 7.24. The maximum atomic E-state index is 13.0. The predicted molar refractivity (Wildman–Crippen MR) is 120 cm³/mol. The summed E-state index contributed by atoms with van der Waals surface area (Å²) < 4.78 is 2.14. The van der Waals surface area contributed by atoms with Crippen LogP contribution in [-0.2, 0) is 13.1 Å². The Kier molecular flexibility index (Phi) is 4.32. The van der Waals surface area contributed by atoms with Crippen molar-refractivity contribution in [2.24, 2.45) is 0 Å². The third-order valence-corrected chi connectivity index (χ3v) is 5.46. The highest BCUT2D eigenvalue weighted by Gasteiger charge is 2.16. The molecule has 148 valence electrons. The Morgan fingerprint density at radius 3 is 2.80 bits per heavy atom. The number of nitrogens with one attached hydrogen (secondary N) is 1. The number of nitrogen functional groups attached to an aromatic ring is 1. The fourth-order valence-corrected chi connectivity index (χ4v) is 3.99. The number of benzene rings is 3. The second kappa shape index (κ2) is 7.15. The van der Waals surface area contributed by atoms with Crippen LogP contribution in [0, 0.1) is 0 Å². The lowest BCUT2D eigenvalue weighted by atomic mass is 10.1. The molecule has 6 nitrogen and oxygen atoms in total. The quantitative estimate of drug-likeness (QED) is 0.476. The molecule has 3 aromatic carbocycles. The summed E-state index contributed by atoms with van der Waals surface area (Å²) in [6.45, 7) is 3.31. The Morgan fingerprint density at radius 1 is 1.07 bits per heavy atom. The lowest BCUT2D eigenvalue weighted by Crippen LogP contribution is -2.22. The first-order chi connectivity index (χ1) is 14.6. The zero-order valence-electron chi connectivity index (χ0n) is 16.6. The van der Waals surface area contributed by atoms with Crippen molar-refractivity contribution in [1.82, 2.24) is 19.9 Å². The average molecular weight is 395 g/mol. The third-order valence-electron chi connectivity index (χ3n) is 5.46. The number of nitrogens with two attached hydrogens (primary N) is 1. The smallest absolute Gasteiger partial charge is 0.253 e. The van der Waals surface area contributed by atoms with Crippen molar-refractivity contribution in [3.05, 3.63) is 78.1 Å². The van der Waals surface area contributed by atoms with Crippen LogP contribution in [0.15, 0.2) is 67.0 Å². The number of aryl methyl sites for hydroxylation is 1. The molecule has 0 unspecified atom stereocenters. The fourth-order valence-electron chi connectivity index (χ4n) is 3.99. The minimum atomic E-state index is -0.0869. The molecule has 0 fully saturated rings. The van der Waals surface area contributed by atoms with Crippen molar-refractivity contribution >= 4 is 44.4 Å². The number of fused-ring (bicyclic) bond motifs is 4. The summed E-state index contributed by atoms with van der Waals surface area (Å²) in [4.78, 5) is 21.3. The van der Waals surface area contributed by atoms with E-state index in [0.717, 1.165) is 39.3 Å². The number of amides is 1. The number of aromatic nitrogens is 3. The molecule has 0 saturated heterocycles. The van der Waals surface area contributed by atoms with E-state index in [4.69, 9.17) is 5.73 Å². The summed E-state index contributed by atoms with van der Waals surface area (Å²) >= 11 is 0. The molecular formula is C24H21N5O. The van der Waals surface area contributed by atoms with Crippen molar-refractivity contribution in [2.75, 3.05) is 5.73 Å². The van der Waals surface area contributed by atoms with Crippen LogP contribution in [0.5, 0.6) is 0 Å². The van der Waals surface area contributed by atoms with Gasteiger partial charge in [0.25, 0.3) is 5.91 Å². The number of rotatable bonds is 4. The molecular weight excluding hydrogens is 374 g/mol. The molecule has 0 atom stereocenters. The molecule has 5 rings (SSSR count). The van der Waals surface area contributed by atoms with Gasteiger partial charge in [-0.2, -0.15) is 0 Å². The van der Waals surface area contributed by atoms with Crippen LogP contribution in [-0.4, -0.2) is 20.4 Å². The van der Waals surface area contributed by atoms with Crippen molar-refractivity contribution in [3.8, 4) is 0 Å². The number of anilines is 1. The minimum absolute atomic E-state index is 0.0869. The predicted octanol–water partition coefficient (Wildman–Crippen LogP) is 4.27. The first kappa shape index (κ1) is 18.1. The van der Waals surface area contributed by atoms with Crippen molar-refractivity contribution < 1.29 is 4.79 Å². The first-order valence-electron chi connectivity index (χ1n) is 9.94. The monoisotopic (exact) mass is 395 g/mol. The van der Waals surface area contributed by atoms with Gasteiger partial charge in [0.15, 0.2) is 0 Å². The van der Waals surface area contributed by atoms with Crippen LogP contribution in [0.4, 0.5) is 5.95 Å². The maximum absolute atomic E-state index is 13.0. The molecule has 2 heterocycles. The zero-order chi connectivity index (χ0) is 20.7. The lowest BCUT2D eigenvalue weighted by molar-refractivity contribution is 0.0952. The Morgan fingerprint density at radius 2 is 1.93 bits per heavy atom. The van der Waals surface area contributed by atoms with Gasteiger partial charge in [0.2, 0.25) is 5.95 Å². The van der Waals surface area contributed by atoms with Crippen LogP contribution >= 0.6 is 0 Å². The van der Waals surface area contributed by atoms with E-state index in [2.05, 4.69) is 45.0 Å². The molecule has 0 aliphatic rings. The van der Waals surface area contributed by atoms with Gasteiger partial charge in [-0.1, -0.05) is 42.5 Å². The number of carbonyl (C=O) groups is 1. The topological polar surface area (TPSA) is 85.8 Å². The highest BCUT2D eigenvalue weighted by Crippen LogP contribution is 2.29. The minimum Gasteiger partial charge on any atom is -0.368 e. The molecule has 0 radical (unpaired) electrons. The largest absolute Gasteiger partial charge is 0.368 e. The van der Waals surface area contributed by atoms with Crippen LogP contribution in [0.1, 0.15) is 22.8 Å². The normalized spacial score (nSPS) is 11.4. The zero-order valence-corrected chi connectivity index (χ0v) is 16.6. The number of carbonyl (C=O) groups excluding carboxylic acids is 1. The summed E-state index contributed by atoms with van der Waals surface area (Å²) in [6.07, 6.45) is 3.65. The van der Waals surface area contributed by atoms with E-state index < -0.39 is 0 Å². The molecule has 0 aliphatic carbocycles. The van der Waals surface area contributed by atoms with Gasteiger partial charge in [0.05, 0.1) is 16.6 Å². The van der Waals surface area contributed by atoms with E-state index in [9.17, 15) is 4.79 Å². The van der Waals surface area contributed by atoms with E-state index in [1.54, 1.807) is 6.20 Å². The highest BCUT2D eigenvalue weighted by atomic mass is 16.1. The van der Waals surface area contributed by atoms with E-state index in [1.807, 2.05) is 42.6 Å². The summed E-state index contributed by atoms with van der Waals surface area (Å²) in [6, 6.07) is 18.2. The van der Waals surface area contributed by atoms with Gasteiger partial charge in [0, 0.05) is 41.6 Å². The SMILES string of the molecule is CCn1cc(C(=O)NCc2ccc3nc(N)ncc3c2)c2ccc3ccccc3c21. The van der Waals surface area contributed by atoms with Crippen LogP contribution in [0.2, 0.25) is 0 Å². The fraction of sp³-hybridized carbons (Fsp3) is 0.125. The van der Waals surface area contributed by atoms with E-state index in [1.165, 1.54) is 5.39 Å². The summed E-state index contributed by atoms with van der Waals surface area (Å²) in [5.74, 6) is 0.166. The van der Waals surface area contributed by atoms with Crippen molar-refractivity contribution in [2.45, 2.75) is 20.0 Å². The van der Waals surface area contributed by atoms with E-state index in [-0.39, 0.29) is 11.9 Å². The molecule has 2 aromatic heterocycles. The molecule has 30 heavy (non-hydrogen) atoms. The van der Waals surface area contributed by atoms with Crippen molar-refractivity contribution in [3.63, 3.8) is 0 Å². The van der Waals surface area contributed by atoms with Gasteiger partial charge in [-0.15, -0.1) is 0 Å². The van der Waals surface area contributed by atoms with Crippen LogP contribution in [0.3, 0.4) is 0 Å². The maximum Gasteiger partial charge on any atom is 0.253 e. The molecule has 6 heteroatoms. The Balaban J connectivity index is 1.46. The van der Waals surface area contributed by atoms with Gasteiger partial charge in [-0.05, 0) is 30.0 Å². The molecule has 3 N–H and O–H groups in total. The molecule has 0 spiro atoms. The first-order valence-corrected chi connectivity index (χ1v) is 9.94. The van der Waals surface area contributed by atoms with Gasteiger partial charge >= 0.3 is 0 Å². The second-order valence-electron chi connectivity index (χ2n) is 7.32. The molecule has 5 aromatic rings. The third kappa shape index (κ3) is 3.03. The Labute approximate surface area is 173 Å². The summed E-state index contributed by atoms with van der Waals surface area (Å²) in [5.41, 5.74) is 9.19. The molecule has 0 saturated carbocycles. The molecule has 0 bridgehead atoms.